The summed E-state index contributed by atoms with van der Waals surface area (Å²) in [4.78, 5) is 12.7. The molecule has 4 rings (SSSR count). The molecule has 1 aliphatic rings. The number of aromatic nitrogens is 3. The molecule has 0 fully saturated rings. The molecule has 2 aromatic carbocycles. The molecule has 0 spiro atoms. The first-order valence-electron chi connectivity index (χ1n) is 8.92. The number of nitrogens with one attached hydrogen (secondary N) is 1. The molecule has 150 valence electrons. The second-order valence-corrected chi connectivity index (χ2v) is 6.88. The molecule has 0 saturated carbocycles. The molecule has 9 heteroatoms. The molecule has 0 saturated heterocycles. The van der Waals surface area contributed by atoms with Gasteiger partial charge in [-0.1, -0.05) is 28.9 Å². The van der Waals surface area contributed by atoms with Gasteiger partial charge in [0.05, 0.1) is 33.1 Å². The molecule has 0 radical (unpaired) electrons. The van der Waals surface area contributed by atoms with E-state index in [-0.39, 0.29) is 24.3 Å². The first-order chi connectivity index (χ1) is 14.1. The number of fused-ring (bicyclic) bond motifs is 1. The lowest BCUT2D eigenvalue weighted by molar-refractivity contribution is -0.00171. The smallest absolute Gasteiger partial charge is 0.278 e. The van der Waals surface area contributed by atoms with E-state index in [1.54, 1.807) is 30.0 Å². The van der Waals surface area contributed by atoms with Crippen molar-refractivity contribution in [3.8, 4) is 11.5 Å². The number of anilines is 1. The molecule has 0 bridgehead atoms. The van der Waals surface area contributed by atoms with E-state index in [4.69, 9.17) is 25.8 Å². The fraction of sp³-hybridized carbons (Fsp3) is 0.250. The molecule has 0 aliphatic carbocycles. The molecule has 1 aliphatic heterocycles. The number of rotatable bonds is 5. The fourth-order valence-electron chi connectivity index (χ4n) is 3.17. The van der Waals surface area contributed by atoms with Crippen LogP contribution in [0.4, 0.5) is 5.69 Å². The Labute approximate surface area is 172 Å². The van der Waals surface area contributed by atoms with Gasteiger partial charge < -0.3 is 19.5 Å². The molecule has 1 unspecified atom stereocenters. The van der Waals surface area contributed by atoms with E-state index in [1.165, 1.54) is 7.11 Å². The van der Waals surface area contributed by atoms with Crippen LogP contribution < -0.4 is 14.8 Å². The molecular formula is C20H19ClN4O4. The number of amides is 1. The van der Waals surface area contributed by atoms with Gasteiger partial charge >= 0.3 is 0 Å². The topological polar surface area (TPSA) is 87.5 Å². The van der Waals surface area contributed by atoms with Crippen LogP contribution in [0.3, 0.4) is 0 Å². The largest absolute Gasteiger partial charge is 0.493 e. The monoisotopic (exact) mass is 414 g/mol. The summed E-state index contributed by atoms with van der Waals surface area (Å²) in [6, 6.07) is 12.6. The van der Waals surface area contributed by atoms with Crippen LogP contribution in [0.15, 0.2) is 42.5 Å². The average molecular weight is 415 g/mol. The van der Waals surface area contributed by atoms with Gasteiger partial charge in [0.2, 0.25) is 0 Å². The lowest BCUT2D eigenvalue weighted by atomic mass is 10.1. The third-order valence-electron chi connectivity index (χ3n) is 4.70. The van der Waals surface area contributed by atoms with Crippen LogP contribution in [-0.4, -0.2) is 35.1 Å². The number of hydrogen-bond acceptors (Lipinski definition) is 6. The van der Waals surface area contributed by atoms with Crippen molar-refractivity contribution in [2.75, 3.05) is 19.5 Å². The number of benzene rings is 2. The van der Waals surface area contributed by atoms with Crippen molar-refractivity contribution in [3.63, 3.8) is 0 Å². The van der Waals surface area contributed by atoms with Gasteiger partial charge in [0.25, 0.3) is 5.91 Å². The number of carbonyl (C=O) groups excluding carboxylic acids is 1. The minimum Gasteiger partial charge on any atom is -0.493 e. The molecular weight excluding hydrogens is 396 g/mol. The van der Waals surface area contributed by atoms with Crippen LogP contribution in [0.1, 0.15) is 27.8 Å². The van der Waals surface area contributed by atoms with E-state index in [0.29, 0.717) is 34.4 Å². The van der Waals surface area contributed by atoms with E-state index in [1.807, 2.05) is 24.3 Å². The van der Waals surface area contributed by atoms with E-state index in [2.05, 4.69) is 15.6 Å². The van der Waals surface area contributed by atoms with E-state index in [0.717, 1.165) is 5.56 Å². The standard InChI is InChI=1S/C20H19ClN4O4/c1-27-16-8-7-14(9-17(16)28-2)22-20(26)19-15-11-29-18(10-25(15)24-23-19)12-3-5-13(21)6-4-12/h3-9,18H,10-11H2,1-2H3,(H,22,26). The van der Waals surface area contributed by atoms with Crippen molar-refractivity contribution >= 4 is 23.2 Å². The van der Waals surface area contributed by atoms with Gasteiger partial charge in [0.15, 0.2) is 17.2 Å². The zero-order chi connectivity index (χ0) is 20.4. The van der Waals surface area contributed by atoms with Crippen LogP contribution in [0.25, 0.3) is 0 Å². The van der Waals surface area contributed by atoms with E-state index >= 15 is 0 Å². The molecule has 1 aromatic heterocycles. The minimum atomic E-state index is -0.369. The van der Waals surface area contributed by atoms with E-state index < -0.39 is 0 Å². The quantitative estimate of drug-likeness (QED) is 0.687. The van der Waals surface area contributed by atoms with Crippen LogP contribution in [-0.2, 0) is 17.9 Å². The highest BCUT2D eigenvalue weighted by Gasteiger charge is 2.27. The second-order valence-electron chi connectivity index (χ2n) is 6.44. The number of methoxy groups -OCH3 is 2. The Morgan fingerprint density at radius 3 is 2.66 bits per heavy atom. The Kier molecular flexibility index (Phi) is 5.37. The maximum absolute atomic E-state index is 12.7. The van der Waals surface area contributed by atoms with Gasteiger partial charge in [-0.15, -0.1) is 5.10 Å². The summed E-state index contributed by atoms with van der Waals surface area (Å²) in [6.07, 6.45) is -0.178. The third kappa shape index (κ3) is 3.90. The number of ether oxygens (including phenoxy) is 3. The number of halogens is 1. The predicted octanol–water partition coefficient (Wildman–Crippen LogP) is 3.47. The Bertz CT molecular complexity index is 1040. The highest BCUT2D eigenvalue weighted by Crippen LogP contribution is 2.31. The summed E-state index contributed by atoms with van der Waals surface area (Å²) in [6.45, 7) is 0.697. The first kappa shape index (κ1) is 19.2. The van der Waals surface area contributed by atoms with Crippen molar-refractivity contribution in [2.24, 2.45) is 0 Å². The van der Waals surface area contributed by atoms with Crippen molar-refractivity contribution in [1.29, 1.82) is 0 Å². The average Bonchev–Trinajstić information content (AvgIpc) is 3.17. The molecule has 1 amide bonds. The minimum absolute atomic E-state index is 0.178. The maximum Gasteiger partial charge on any atom is 0.278 e. The Balaban J connectivity index is 1.50. The fourth-order valence-corrected chi connectivity index (χ4v) is 3.30. The normalized spacial score (nSPS) is 15.5. The highest BCUT2D eigenvalue weighted by atomic mass is 35.5. The molecule has 29 heavy (non-hydrogen) atoms. The lowest BCUT2D eigenvalue weighted by Crippen LogP contribution is -2.24. The van der Waals surface area contributed by atoms with Crippen LogP contribution >= 0.6 is 11.6 Å². The van der Waals surface area contributed by atoms with Crippen LogP contribution in [0, 0.1) is 0 Å². The van der Waals surface area contributed by atoms with E-state index in [9.17, 15) is 4.79 Å². The van der Waals surface area contributed by atoms with Crippen LogP contribution in [0.5, 0.6) is 11.5 Å². The summed E-state index contributed by atoms with van der Waals surface area (Å²) in [5.41, 5.74) is 2.42. The molecule has 1 atom stereocenters. The molecule has 1 N–H and O–H groups in total. The molecule has 8 nitrogen and oxygen atoms in total. The number of hydrogen-bond donors (Lipinski definition) is 1. The predicted molar refractivity (Wildman–Crippen MR) is 107 cm³/mol. The lowest BCUT2D eigenvalue weighted by Gasteiger charge is -2.24. The van der Waals surface area contributed by atoms with Gasteiger partial charge in [-0.25, -0.2) is 4.68 Å². The van der Waals surface area contributed by atoms with Crippen molar-refractivity contribution in [1.82, 2.24) is 15.0 Å². The Hall–Kier alpha value is -3.10. The van der Waals surface area contributed by atoms with Gasteiger partial charge in [-0.3, -0.25) is 4.79 Å². The van der Waals surface area contributed by atoms with Gasteiger partial charge in [-0.05, 0) is 29.8 Å². The zero-order valence-electron chi connectivity index (χ0n) is 15.9. The van der Waals surface area contributed by atoms with Gasteiger partial charge in [-0.2, -0.15) is 0 Å². The van der Waals surface area contributed by atoms with Gasteiger partial charge in [0.1, 0.15) is 6.10 Å². The summed E-state index contributed by atoms with van der Waals surface area (Å²) >= 11 is 5.94. The van der Waals surface area contributed by atoms with Crippen molar-refractivity contribution < 1.29 is 19.0 Å². The summed E-state index contributed by atoms with van der Waals surface area (Å²) in [5, 5.41) is 11.7. The number of carbonyl (C=O) groups is 1. The Morgan fingerprint density at radius 2 is 1.93 bits per heavy atom. The van der Waals surface area contributed by atoms with Crippen molar-refractivity contribution in [2.45, 2.75) is 19.3 Å². The maximum atomic E-state index is 12.7. The summed E-state index contributed by atoms with van der Waals surface area (Å²) in [5.74, 6) is 0.727. The SMILES string of the molecule is COc1ccc(NC(=O)c2nnn3c2COC(c2ccc(Cl)cc2)C3)cc1OC. The number of nitrogens with zero attached hydrogens (tertiary/aromatic N) is 3. The van der Waals surface area contributed by atoms with Crippen LogP contribution in [0.2, 0.25) is 5.02 Å². The molecule has 2 heterocycles. The second kappa shape index (κ2) is 8.10. The zero-order valence-corrected chi connectivity index (χ0v) is 16.6. The first-order valence-corrected chi connectivity index (χ1v) is 9.29. The van der Waals surface area contributed by atoms with Crippen molar-refractivity contribution in [3.05, 3.63) is 64.4 Å². The summed E-state index contributed by atoms with van der Waals surface area (Å²) < 4.78 is 18.1. The highest BCUT2D eigenvalue weighted by molar-refractivity contribution is 6.30. The Morgan fingerprint density at radius 1 is 1.17 bits per heavy atom. The summed E-state index contributed by atoms with van der Waals surface area (Å²) in [7, 11) is 3.09. The molecule has 3 aromatic rings. The van der Waals surface area contributed by atoms with Gasteiger partial charge in [0, 0.05) is 16.8 Å². The third-order valence-corrected chi connectivity index (χ3v) is 4.95.